The van der Waals surface area contributed by atoms with Crippen LogP contribution < -0.4 is 0 Å². The molecule has 0 aliphatic heterocycles. The van der Waals surface area contributed by atoms with Crippen LogP contribution in [-0.4, -0.2) is 5.11 Å². The topological polar surface area (TPSA) is 20.2 Å². The van der Waals surface area contributed by atoms with Crippen molar-refractivity contribution < 1.29 is 5.11 Å². The molecule has 0 radical (unpaired) electrons. The van der Waals surface area contributed by atoms with E-state index in [0.29, 0.717) is 0 Å². The summed E-state index contributed by atoms with van der Waals surface area (Å²) in [5, 5.41) is 9.78. The predicted molar refractivity (Wildman–Crippen MR) is 53.7 cm³/mol. The second-order valence-electron chi connectivity index (χ2n) is 3.79. The van der Waals surface area contributed by atoms with Gasteiger partial charge in [0.05, 0.1) is 6.10 Å². The van der Waals surface area contributed by atoms with E-state index in [-0.39, 0.29) is 6.10 Å². The normalized spacial score (nSPS) is 21.2. The zero-order valence-electron chi connectivity index (χ0n) is 8.09. The van der Waals surface area contributed by atoms with Gasteiger partial charge in [-0.3, -0.25) is 0 Å². The molecule has 1 aromatic rings. The maximum Gasteiger partial charge on any atom is 0.0792 e. The Balaban J connectivity index is 2.41. The lowest BCUT2D eigenvalue weighted by molar-refractivity contribution is 0.156. The molecule has 1 heteroatoms. The third kappa shape index (κ3) is 1.61. The quantitative estimate of drug-likeness (QED) is 0.697. The van der Waals surface area contributed by atoms with Crippen LogP contribution in [0.3, 0.4) is 0 Å². The number of hydrogen-bond acceptors (Lipinski definition) is 1. The fraction of sp³-hybridized carbons (Fsp3) is 0.500. The number of aryl methyl sites for hydroxylation is 2. The summed E-state index contributed by atoms with van der Waals surface area (Å²) < 4.78 is 0. The maximum atomic E-state index is 9.78. The van der Waals surface area contributed by atoms with Crippen LogP contribution in [0.1, 0.15) is 42.6 Å². The molecule has 0 saturated carbocycles. The molecule has 0 heterocycles. The summed E-state index contributed by atoms with van der Waals surface area (Å²) >= 11 is 0. The summed E-state index contributed by atoms with van der Waals surface area (Å²) in [5.74, 6) is 0. The Morgan fingerprint density at radius 2 is 2.31 bits per heavy atom. The summed E-state index contributed by atoms with van der Waals surface area (Å²) in [4.78, 5) is 0. The number of fused-ring (bicyclic) bond motifs is 1. The van der Waals surface area contributed by atoms with E-state index in [9.17, 15) is 5.11 Å². The van der Waals surface area contributed by atoms with Gasteiger partial charge >= 0.3 is 0 Å². The van der Waals surface area contributed by atoms with Crippen molar-refractivity contribution in [2.75, 3.05) is 0 Å². The van der Waals surface area contributed by atoms with E-state index in [4.69, 9.17) is 0 Å². The average molecular weight is 176 g/mol. The van der Waals surface area contributed by atoms with E-state index in [2.05, 4.69) is 25.1 Å². The van der Waals surface area contributed by atoms with Crippen LogP contribution in [-0.2, 0) is 12.8 Å². The van der Waals surface area contributed by atoms with Crippen LogP contribution in [0, 0.1) is 0 Å². The Kier molecular flexibility index (Phi) is 2.36. The molecule has 1 N–H and O–H groups in total. The molecule has 0 fully saturated rings. The molecule has 1 aliphatic rings. The largest absolute Gasteiger partial charge is 0.388 e. The fourth-order valence-electron chi connectivity index (χ4n) is 2.04. The van der Waals surface area contributed by atoms with Crippen LogP contribution in [0.25, 0.3) is 0 Å². The molecule has 0 bridgehead atoms. The highest BCUT2D eigenvalue weighted by atomic mass is 16.3. The third-order valence-electron chi connectivity index (χ3n) is 2.90. The van der Waals surface area contributed by atoms with Gasteiger partial charge in [-0.25, -0.2) is 0 Å². The average Bonchev–Trinajstić information content (AvgIpc) is 2.18. The molecule has 0 saturated heterocycles. The zero-order valence-corrected chi connectivity index (χ0v) is 8.09. The lowest BCUT2D eigenvalue weighted by Crippen LogP contribution is -2.09. The smallest absolute Gasteiger partial charge is 0.0792 e. The fourth-order valence-corrected chi connectivity index (χ4v) is 2.04. The number of aliphatic hydroxyl groups is 1. The second kappa shape index (κ2) is 3.51. The zero-order chi connectivity index (χ0) is 9.26. The van der Waals surface area contributed by atoms with E-state index in [0.717, 1.165) is 25.7 Å². The van der Waals surface area contributed by atoms with Crippen molar-refractivity contribution in [3.63, 3.8) is 0 Å². The predicted octanol–water partition coefficient (Wildman–Crippen LogP) is 2.62. The number of hydrogen-bond donors (Lipinski definition) is 1. The molecule has 0 amide bonds. The lowest BCUT2D eigenvalue weighted by Gasteiger charge is -2.21. The molecule has 70 valence electrons. The van der Waals surface area contributed by atoms with E-state index in [1.807, 2.05) is 0 Å². The summed E-state index contributed by atoms with van der Waals surface area (Å²) in [6.45, 7) is 2.15. The van der Waals surface area contributed by atoms with E-state index < -0.39 is 0 Å². The van der Waals surface area contributed by atoms with Crippen molar-refractivity contribution in [1.29, 1.82) is 0 Å². The molecule has 0 aromatic heterocycles. The van der Waals surface area contributed by atoms with E-state index in [1.165, 1.54) is 16.7 Å². The summed E-state index contributed by atoms with van der Waals surface area (Å²) in [6.07, 6.45) is 4.03. The minimum absolute atomic E-state index is 0.213. The van der Waals surface area contributed by atoms with Crippen molar-refractivity contribution >= 4 is 0 Å². The van der Waals surface area contributed by atoms with Gasteiger partial charge in [-0.05, 0) is 42.4 Å². The highest BCUT2D eigenvalue weighted by Crippen LogP contribution is 2.30. The van der Waals surface area contributed by atoms with Crippen LogP contribution in [0.4, 0.5) is 0 Å². The Bertz CT molecular complexity index is 304. The van der Waals surface area contributed by atoms with Gasteiger partial charge in [-0.15, -0.1) is 0 Å². The molecule has 13 heavy (non-hydrogen) atoms. The molecule has 1 aromatic carbocycles. The first-order chi connectivity index (χ1) is 6.31. The molecule has 0 spiro atoms. The van der Waals surface area contributed by atoms with Gasteiger partial charge < -0.3 is 5.11 Å². The Morgan fingerprint density at radius 1 is 1.46 bits per heavy atom. The third-order valence-corrected chi connectivity index (χ3v) is 2.90. The second-order valence-corrected chi connectivity index (χ2v) is 3.79. The van der Waals surface area contributed by atoms with Gasteiger partial charge in [0.15, 0.2) is 0 Å². The van der Waals surface area contributed by atoms with Crippen molar-refractivity contribution in [1.82, 2.24) is 0 Å². The van der Waals surface area contributed by atoms with Crippen LogP contribution in [0.15, 0.2) is 18.2 Å². The molecule has 1 nitrogen and oxygen atoms in total. The van der Waals surface area contributed by atoms with Gasteiger partial charge in [-0.1, -0.05) is 25.1 Å². The first-order valence-corrected chi connectivity index (χ1v) is 5.11. The van der Waals surface area contributed by atoms with E-state index in [1.54, 1.807) is 0 Å². The van der Waals surface area contributed by atoms with Crippen molar-refractivity contribution in [3.8, 4) is 0 Å². The van der Waals surface area contributed by atoms with Crippen molar-refractivity contribution in [2.24, 2.45) is 0 Å². The van der Waals surface area contributed by atoms with Gasteiger partial charge in [0.25, 0.3) is 0 Å². The van der Waals surface area contributed by atoms with E-state index >= 15 is 0 Å². The Morgan fingerprint density at radius 3 is 3.08 bits per heavy atom. The van der Waals surface area contributed by atoms with Crippen LogP contribution in [0.2, 0.25) is 0 Å². The first kappa shape index (κ1) is 8.76. The highest BCUT2D eigenvalue weighted by molar-refractivity contribution is 5.35. The summed E-state index contributed by atoms with van der Waals surface area (Å²) in [6, 6.07) is 6.52. The SMILES string of the molecule is CCc1ccc2c(c1)C(O)CCC2. The number of benzene rings is 1. The molecule has 1 unspecified atom stereocenters. The summed E-state index contributed by atoms with van der Waals surface area (Å²) in [5.41, 5.74) is 3.85. The first-order valence-electron chi connectivity index (χ1n) is 5.11. The minimum Gasteiger partial charge on any atom is -0.388 e. The van der Waals surface area contributed by atoms with Gasteiger partial charge in [-0.2, -0.15) is 0 Å². The Hall–Kier alpha value is -0.820. The van der Waals surface area contributed by atoms with Crippen LogP contribution in [0.5, 0.6) is 0 Å². The van der Waals surface area contributed by atoms with Crippen molar-refractivity contribution in [2.45, 2.75) is 38.7 Å². The highest BCUT2D eigenvalue weighted by Gasteiger charge is 2.17. The summed E-state index contributed by atoms with van der Waals surface area (Å²) in [7, 11) is 0. The van der Waals surface area contributed by atoms with Crippen molar-refractivity contribution in [3.05, 3.63) is 34.9 Å². The van der Waals surface area contributed by atoms with Gasteiger partial charge in [0, 0.05) is 0 Å². The Labute approximate surface area is 79.4 Å². The van der Waals surface area contributed by atoms with Crippen LogP contribution >= 0.6 is 0 Å². The maximum absolute atomic E-state index is 9.78. The minimum atomic E-state index is -0.213. The molecular weight excluding hydrogens is 160 g/mol. The molecule has 1 atom stereocenters. The number of rotatable bonds is 1. The van der Waals surface area contributed by atoms with Gasteiger partial charge in [0.1, 0.15) is 0 Å². The standard InChI is InChI=1S/C12H16O/c1-2-9-6-7-10-4-3-5-12(13)11(10)8-9/h6-8,12-13H,2-5H2,1H3. The monoisotopic (exact) mass is 176 g/mol. The molecular formula is C12H16O. The number of aliphatic hydroxyl groups excluding tert-OH is 1. The molecule has 2 rings (SSSR count). The lowest BCUT2D eigenvalue weighted by atomic mass is 9.88. The molecule has 1 aliphatic carbocycles. The van der Waals surface area contributed by atoms with Gasteiger partial charge in [0.2, 0.25) is 0 Å².